The second kappa shape index (κ2) is 6.19. The molecule has 0 atom stereocenters. The summed E-state index contributed by atoms with van der Waals surface area (Å²) in [5.41, 5.74) is 2.81. The van der Waals surface area contributed by atoms with Gasteiger partial charge in [0.1, 0.15) is 11.9 Å². The Morgan fingerprint density at radius 2 is 2.00 bits per heavy atom. The van der Waals surface area contributed by atoms with Gasteiger partial charge in [-0.1, -0.05) is 12.1 Å². The molecule has 0 radical (unpaired) electrons. The van der Waals surface area contributed by atoms with Gasteiger partial charge in [0.25, 0.3) is 0 Å². The number of imidazole rings is 1. The van der Waals surface area contributed by atoms with E-state index in [2.05, 4.69) is 9.97 Å². The summed E-state index contributed by atoms with van der Waals surface area (Å²) >= 11 is 0. The van der Waals surface area contributed by atoms with Gasteiger partial charge in [0.05, 0.1) is 17.6 Å². The Bertz CT molecular complexity index is 800. The number of H-pyrrole nitrogens is 1. The highest BCUT2D eigenvalue weighted by molar-refractivity contribution is 5.79. The monoisotopic (exact) mass is 293 g/mol. The summed E-state index contributed by atoms with van der Waals surface area (Å²) in [5.74, 6) is 1.94. The van der Waals surface area contributed by atoms with Gasteiger partial charge < -0.3 is 14.5 Å². The highest BCUT2D eigenvalue weighted by Crippen LogP contribution is 2.32. The van der Waals surface area contributed by atoms with Gasteiger partial charge in [0.15, 0.2) is 18.1 Å². The van der Waals surface area contributed by atoms with E-state index in [0.29, 0.717) is 18.1 Å². The molecule has 1 heterocycles. The number of benzene rings is 2. The molecule has 0 aliphatic heterocycles. The zero-order valence-electron chi connectivity index (χ0n) is 12.2. The van der Waals surface area contributed by atoms with Crippen LogP contribution in [0.2, 0.25) is 0 Å². The van der Waals surface area contributed by atoms with Crippen molar-refractivity contribution < 1.29 is 9.47 Å². The van der Waals surface area contributed by atoms with E-state index >= 15 is 0 Å². The van der Waals surface area contributed by atoms with Crippen LogP contribution < -0.4 is 9.47 Å². The average molecular weight is 293 g/mol. The minimum absolute atomic E-state index is 0.00986. The molecule has 5 nitrogen and oxygen atoms in total. The third-order valence-electron chi connectivity index (χ3n) is 3.20. The summed E-state index contributed by atoms with van der Waals surface area (Å²) in [4.78, 5) is 7.86. The standard InChI is InChI=1S/C17H15N3O2/c1-2-21-16-11-12(7-8-15(16)22-10-9-18)17-19-13-5-3-4-6-14(13)20-17/h3-8,11H,2,10H2,1H3,(H,19,20). The van der Waals surface area contributed by atoms with E-state index in [-0.39, 0.29) is 6.61 Å². The Balaban J connectivity index is 1.99. The second-order valence-corrected chi connectivity index (χ2v) is 4.64. The molecular weight excluding hydrogens is 278 g/mol. The zero-order chi connectivity index (χ0) is 15.4. The predicted octanol–water partition coefficient (Wildman–Crippen LogP) is 3.53. The van der Waals surface area contributed by atoms with Crippen LogP contribution in [0.3, 0.4) is 0 Å². The van der Waals surface area contributed by atoms with Crippen molar-refractivity contribution in [3.63, 3.8) is 0 Å². The van der Waals surface area contributed by atoms with Crippen molar-refractivity contribution in [2.45, 2.75) is 6.92 Å². The molecule has 0 aliphatic rings. The van der Waals surface area contributed by atoms with E-state index in [1.807, 2.05) is 49.4 Å². The molecule has 0 saturated heterocycles. The average Bonchev–Trinajstić information content (AvgIpc) is 2.98. The van der Waals surface area contributed by atoms with Crippen LogP contribution in [-0.2, 0) is 0 Å². The lowest BCUT2D eigenvalue weighted by atomic mass is 10.2. The summed E-state index contributed by atoms with van der Waals surface area (Å²) in [6.07, 6.45) is 0. The van der Waals surface area contributed by atoms with Gasteiger partial charge in [-0.25, -0.2) is 4.98 Å². The van der Waals surface area contributed by atoms with E-state index in [1.165, 1.54) is 0 Å². The van der Waals surface area contributed by atoms with Crippen molar-refractivity contribution in [2.24, 2.45) is 0 Å². The van der Waals surface area contributed by atoms with E-state index in [4.69, 9.17) is 14.7 Å². The number of nitrogens with zero attached hydrogens (tertiary/aromatic N) is 2. The van der Waals surface area contributed by atoms with Crippen molar-refractivity contribution in [3.8, 4) is 29.0 Å². The zero-order valence-corrected chi connectivity index (χ0v) is 12.2. The fourth-order valence-electron chi connectivity index (χ4n) is 2.24. The molecule has 3 rings (SSSR count). The molecule has 1 N–H and O–H groups in total. The quantitative estimate of drug-likeness (QED) is 0.781. The molecule has 5 heteroatoms. The molecule has 2 aromatic carbocycles. The molecular formula is C17H15N3O2. The smallest absolute Gasteiger partial charge is 0.174 e. The fraction of sp³-hybridized carbons (Fsp3) is 0.176. The Morgan fingerprint density at radius 1 is 1.14 bits per heavy atom. The Morgan fingerprint density at radius 3 is 2.77 bits per heavy atom. The maximum Gasteiger partial charge on any atom is 0.174 e. The van der Waals surface area contributed by atoms with Crippen LogP contribution in [0.25, 0.3) is 22.4 Å². The van der Waals surface area contributed by atoms with Crippen molar-refractivity contribution in [3.05, 3.63) is 42.5 Å². The lowest BCUT2D eigenvalue weighted by Crippen LogP contribution is -1.99. The minimum Gasteiger partial charge on any atom is -0.490 e. The van der Waals surface area contributed by atoms with Crippen LogP contribution in [0, 0.1) is 11.3 Å². The molecule has 0 fully saturated rings. The number of aromatic nitrogens is 2. The first-order chi connectivity index (χ1) is 10.8. The SMILES string of the molecule is CCOc1cc(-c2nc3ccccc3[nH]2)ccc1OCC#N. The van der Waals surface area contributed by atoms with Gasteiger partial charge in [-0.05, 0) is 37.3 Å². The van der Waals surface area contributed by atoms with Crippen LogP contribution in [0.5, 0.6) is 11.5 Å². The van der Waals surface area contributed by atoms with Gasteiger partial charge in [-0.3, -0.25) is 0 Å². The van der Waals surface area contributed by atoms with Crippen molar-refractivity contribution >= 4 is 11.0 Å². The molecule has 0 saturated carbocycles. The fourth-order valence-corrected chi connectivity index (χ4v) is 2.24. The maximum absolute atomic E-state index is 8.63. The summed E-state index contributed by atoms with van der Waals surface area (Å²) < 4.78 is 11.0. The van der Waals surface area contributed by atoms with Crippen LogP contribution in [0.4, 0.5) is 0 Å². The number of para-hydroxylation sites is 2. The molecule has 3 aromatic rings. The van der Waals surface area contributed by atoms with Gasteiger partial charge in [0, 0.05) is 5.56 Å². The van der Waals surface area contributed by atoms with Crippen molar-refractivity contribution in [2.75, 3.05) is 13.2 Å². The Labute approximate surface area is 128 Å². The minimum atomic E-state index is -0.00986. The number of aromatic amines is 1. The van der Waals surface area contributed by atoms with Gasteiger partial charge in [-0.2, -0.15) is 5.26 Å². The first-order valence-electron chi connectivity index (χ1n) is 7.03. The van der Waals surface area contributed by atoms with Gasteiger partial charge >= 0.3 is 0 Å². The maximum atomic E-state index is 8.63. The highest BCUT2D eigenvalue weighted by atomic mass is 16.5. The number of nitrogens with one attached hydrogen (secondary N) is 1. The predicted molar refractivity (Wildman–Crippen MR) is 83.8 cm³/mol. The summed E-state index contributed by atoms with van der Waals surface area (Å²) in [7, 11) is 0. The van der Waals surface area contributed by atoms with Crippen LogP contribution >= 0.6 is 0 Å². The number of ether oxygens (including phenoxy) is 2. The molecule has 0 amide bonds. The number of hydrogen-bond acceptors (Lipinski definition) is 4. The lowest BCUT2D eigenvalue weighted by molar-refractivity contribution is 0.299. The van der Waals surface area contributed by atoms with Gasteiger partial charge in [-0.15, -0.1) is 0 Å². The number of hydrogen-bond donors (Lipinski definition) is 1. The molecule has 1 aromatic heterocycles. The number of fused-ring (bicyclic) bond motifs is 1. The first-order valence-corrected chi connectivity index (χ1v) is 7.03. The van der Waals surface area contributed by atoms with E-state index in [9.17, 15) is 0 Å². The van der Waals surface area contributed by atoms with E-state index in [1.54, 1.807) is 6.07 Å². The third kappa shape index (κ3) is 2.72. The molecule has 0 bridgehead atoms. The van der Waals surface area contributed by atoms with Crippen molar-refractivity contribution in [1.82, 2.24) is 9.97 Å². The van der Waals surface area contributed by atoms with Gasteiger partial charge in [0.2, 0.25) is 0 Å². The van der Waals surface area contributed by atoms with E-state index < -0.39 is 0 Å². The second-order valence-electron chi connectivity index (χ2n) is 4.64. The Hall–Kier alpha value is -3.00. The van der Waals surface area contributed by atoms with Crippen LogP contribution in [0.1, 0.15) is 6.92 Å². The van der Waals surface area contributed by atoms with E-state index in [0.717, 1.165) is 22.4 Å². The van der Waals surface area contributed by atoms with Crippen LogP contribution in [0.15, 0.2) is 42.5 Å². The highest BCUT2D eigenvalue weighted by Gasteiger charge is 2.10. The number of rotatable bonds is 5. The van der Waals surface area contributed by atoms with Crippen molar-refractivity contribution in [1.29, 1.82) is 5.26 Å². The molecule has 110 valence electrons. The molecule has 0 unspecified atom stereocenters. The lowest BCUT2D eigenvalue weighted by Gasteiger charge is -2.11. The topological polar surface area (TPSA) is 70.9 Å². The third-order valence-corrected chi connectivity index (χ3v) is 3.20. The molecule has 0 aliphatic carbocycles. The summed E-state index contributed by atoms with van der Waals surface area (Å²) in [5, 5.41) is 8.63. The summed E-state index contributed by atoms with van der Waals surface area (Å²) in [6, 6.07) is 15.4. The first kappa shape index (κ1) is 14.0. The Kier molecular flexibility index (Phi) is 3.92. The normalized spacial score (nSPS) is 10.4. The molecule has 22 heavy (non-hydrogen) atoms. The summed E-state index contributed by atoms with van der Waals surface area (Å²) in [6.45, 7) is 2.42. The molecule has 0 spiro atoms. The van der Waals surface area contributed by atoms with Crippen LogP contribution in [-0.4, -0.2) is 23.2 Å². The number of nitriles is 1. The largest absolute Gasteiger partial charge is 0.490 e.